The van der Waals surface area contributed by atoms with Crippen LogP contribution in [-0.4, -0.2) is 37.6 Å². The Balaban J connectivity index is 1.80. The lowest BCUT2D eigenvalue weighted by atomic mass is 10.0. The molecule has 1 aromatic carbocycles. The number of rotatable bonds is 5. The highest BCUT2D eigenvalue weighted by Crippen LogP contribution is 2.29. The van der Waals surface area contributed by atoms with Gasteiger partial charge in [-0.2, -0.15) is 0 Å². The van der Waals surface area contributed by atoms with Gasteiger partial charge >= 0.3 is 0 Å². The number of tetrazole rings is 1. The van der Waals surface area contributed by atoms with E-state index in [0.29, 0.717) is 17.9 Å². The van der Waals surface area contributed by atoms with E-state index in [1.54, 1.807) is 12.1 Å². The largest absolute Gasteiger partial charge is 0.332 e. The lowest BCUT2D eigenvalue weighted by Crippen LogP contribution is -2.39. The molecule has 1 fully saturated rings. The lowest BCUT2D eigenvalue weighted by molar-refractivity contribution is -0.135. The smallest absolute Gasteiger partial charge is 0.223 e. The molecule has 24 heavy (non-hydrogen) atoms. The molecule has 2 aromatic rings. The number of halogens is 1. The van der Waals surface area contributed by atoms with E-state index >= 15 is 0 Å². The normalized spacial score (nSPS) is 17.9. The van der Waals surface area contributed by atoms with E-state index in [2.05, 4.69) is 22.3 Å². The van der Waals surface area contributed by atoms with Gasteiger partial charge in [-0.15, -0.1) is 15.0 Å². The Morgan fingerprint density at radius 3 is 3.04 bits per heavy atom. The number of carbonyl (C=O) groups is 1. The third-order valence-electron chi connectivity index (χ3n) is 4.33. The molecule has 0 saturated carbocycles. The second kappa shape index (κ2) is 7.51. The molecule has 3 rings (SSSR count). The maximum atomic E-state index is 13.4. The van der Waals surface area contributed by atoms with Crippen LogP contribution in [0.2, 0.25) is 0 Å². The summed E-state index contributed by atoms with van der Waals surface area (Å²) in [5.41, 5.74) is 0.522. The first kappa shape index (κ1) is 16.5. The van der Waals surface area contributed by atoms with Gasteiger partial charge < -0.3 is 4.90 Å². The Morgan fingerprint density at radius 1 is 1.38 bits per heavy atom. The molecule has 6 nitrogen and oxygen atoms in total. The second-order valence-corrected chi connectivity index (χ2v) is 6.12. The number of hydrogen-bond donors (Lipinski definition) is 0. The van der Waals surface area contributed by atoms with Gasteiger partial charge in [0.1, 0.15) is 5.82 Å². The Morgan fingerprint density at radius 2 is 2.25 bits per heavy atom. The Hall–Kier alpha value is -2.31. The van der Waals surface area contributed by atoms with Gasteiger partial charge in [0.15, 0.2) is 5.82 Å². The molecule has 1 aliphatic heterocycles. The highest BCUT2D eigenvalue weighted by molar-refractivity contribution is 5.76. The highest BCUT2D eigenvalue weighted by atomic mass is 19.1. The van der Waals surface area contributed by atoms with Gasteiger partial charge in [0, 0.05) is 19.0 Å². The molecule has 0 bridgehead atoms. The predicted octanol–water partition coefficient (Wildman–Crippen LogP) is 3.05. The second-order valence-electron chi connectivity index (χ2n) is 6.12. The van der Waals surface area contributed by atoms with Gasteiger partial charge in [-0.3, -0.25) is 4.79 Å². The summed E-state index contributed by atoms with van der Waals surface area (Å²) in [5.74, 6) is 0.341. The molecule has 2 heterocycles. The standard InChI is InChI=1S/C17H22FN5O/c1-2-3-10-16(24)22-11-5-4-9-15(22)17-19-21-23(20-17)14-8-6-7-13(18)12-14/h6-8,12,15H,2-5,9-11H2,1H3. The van der Waals surface area contributed by atoms with Crippen molar-refractivity contribution >= 4 is 5.91 Å². The van der Waals surface area contributed by atoms with Crippen LogP contribution >= 0.6 is 0 Å². The zero-order chi connectivity index (χ0) is 16.9. The first-order valence-electron chi connectivity index (χ1n) is 8.54. The average molecular weight is 331 g/mol. The van der Waals surface area contributed by atoms with Crippen molar-refractivity contribution in [2.75, 3.05) is 6.54 Å². The number of benzene rings is 1. The lowest BCUT2D eigenvalue weighted by Gasteiger charge is -2.33. The molecule has 1 saturated heterocycles. The molecule has 0 aliphatic carbocycles. The molecule has 1 aliphatic rings. The van der Waals surface area contributed by atoms with Gasteiger partial charge in [-0.25, -0.2) is 4.39 Å². The summed E-state index contributed by atoms with van der Waals surface area (Å²) in [7, 11) is 0. The van der Waals surface area contributed by atoms with Crippen molar-refractivity contribution in [3.8, 4) is 5.69 Å². The molecular formula is C17H22FN5O. The molecule has 1 amide bonds. The number of piperidine rings is 1. The molecule has 1 aromatic heterocycles. The molecule has 1 atom stereocenters. The van der Waals surface area contributed by atoms with Crippen LogP contribution in [0.3, 0.4) is 0 Å². The molecule has 0 N–H and O–H groups in total. The SMILES string of the molecule is CCCCC(=O)N1CCCCC1c1nnn(-c2cccc(F)c2)n1. The number of unbranched alkanes of at least 4 members (excludes halogenated alkanes) is 1. The van der Waals surface area contributed by atoms with Gasteiger partial charge in [0.2, 0.25) is 5.91 Å². The van der Waals surface area contributed by atoms with E-state index in [-0.39, 0.29) is 17.8 Å². The van der Waals surface area contributed by atoms with Crippen molar-refractivity contribution in [3.63, 3.8) is 0 Å². The summed E-state index contributed by atoms with van der Waals surface area (Å²) in [6, 6.07) is 5.92. The minimum Gasteiger partial charge on any atom is -0.332 e. The van der Waals surface area contributed by atoms with Crippen LogP contribution in [0.4, 0.5) is 4.39 Å². The third kappa shape index (κ3) is 3.60. The summed E-state index contributed by atoms with van der Waals surface area (Å²) >= 11 is 0. The van der Waals surface area contributed by atoms with Gasteiger partial charge in [-0.1, -0.05) is 19.4 Å². The molecule has 7 heteroatoms. The maximum Gasteiger partial charge on any atom is 0.223 e. The summed E-state index contributed by atoms with van der Waals surface area (Å²) in [6.07, 6.45) is 5.34. The van der Waals surface area contributed by atoms with Crippen molar-refractivity contribution in [3.05, 3.63) is 35.9 Å². The molecular weight excluding hydrogens is 309 g/mol. The van der Waals surface area contributed by atoms with Crippen molar-refractivity contribution in [2.45, 2.75) is 51.5 Å². The maximum absolute atomic E-state index is 13.4. The van der Waals surface area contributed by atoms with Crippen molar-refractivity contribution in [1.29, 1.82) is 0 Å². The highest BCUT2D eigenvalue weighted by Gasteiger charge is 2.30. The monoisotopic (exact) mass is 331 g/mol. The zero-order valence-corrected chi connectivity index (χ0v) is 13.9. The number of amides is 1. The fraction of sp³-hybridized carbons (Fsp3) is 0.529. The van der Waals surface area contributed by atoms with Crippen LogP contribution in [0, 0.1) is 5.82 Å². The van der Waals surface area contributed by atoms with E-state index in [1.807, 2.05) is 4.90 Å². The zero-order valence-electron chi connectivity index (χ0n) is 13.9. The average Bonchev–Trinajstić information content (AvgIpc) is 3.09. The summed E-state index contributed by atoms with van der Waals surface area (Å²) in [4.78, 5) is 15.7. The first-order valence-corrected chi connectivity index (χ1v) is 8.54. The van der Waals surface area contributed by atoms with E-state index in [1.165, 1.54) is 16.9 Å². The van der Waals surface area contributed by atoms with Crippen molar-refractivity contribution in [2.24, 2.45) is 0 Å². The topological polar surface area (TPSA) is 63.9 Å². The van der Waals surface area contributed by atoms with E-state index in [4.69, 9.17) is 0 Å². The number of likely N-dealkylation sites (tertiary alicyclic amines) is 1. The number of aromatic nitrogens is 4. The summed E-state index contributed by atoms with van der Waals surface area (Å²) in [6.45, 7) is 2.81. The van der Waals surface area contributed by atoms with Crippen LogP contribution in [0.1, 0.15) is 57.3 Å². The predicted molar refractivity (Wildman–Crippen MR) is 86.9 cm³/mol. The minimum absolute atomic E-state index is 0.134. The number of nitrogens with zero attached hydrogens (tertiary/aromatic N) is 5. The van der Waals surface area contributed by atoms with E-state index in [9.17, 15) is 9.18 Å². The van der Waals surface area contributed by atoms with Gasteiger partial charge in [-0.05, 0) is 43.0 Å². The Kier molecular flexibility index (Phi) is 5.17. The summed E-state index contributed by atoms with van der Waals surface area (Å²) < 4.78 is 13.4. The fourth-order valence-corrected chi connectivity index (χ4v) is 3.04. The first-order chi connectivity index (χ1) is 11.7. The van der Waals surface area contributed by atoms with E-state index < -0.39 is 0 Å². The van der Waals surface area contributed by atoms with Crippen LogP contribution < -0.4 is 0 Å². The Labute approximate surface area is 140 Å². The quantitative estimate of drug-likeness (QED) is 0.845. The molecule has 128 valence electrons. The van der Waals surface area contributed by atoms with Crippen LogP contribution in [0.15, 0.2) is 24.3 Å². The van der Waals surface area contributed by atoms with Crippen LogP contribution in [0.25, 0.3) is 5.69 Å². The molecule has 0 radical (unpaired) electrons. The minimum atomic E-state index is -0.347. The summed E-state index contributed by atoms with van der Waals surface area (Å²) in [5, 5.41) is 12.5. The molecule has 1 unspecified atom stereocenters. The van der Waals surface area contributed by atoms with Crippen molar-refractivity contribution in [1.82, 2.24) is 25.1 Å². The van der Waals surface area contributed by atoms with Crippen molar-refractivity contribution < 1.29 is 9.18 Å². The molecule has 0 spiro atoms. The third-order valence-corrected chi connectivity index (χ3v) is 4.33. The number of carbonyl (C=O) groups excluding carboxylic acids is 1. The van der Waals surface area contributed by atoms with Gasteiger partial charge in [0.05, 0.1) is 11.7 Å². The van der Waals surface area contributed by atoms with E-state index in [0.717, 1.165) is 38.6 Å². The fourth-order valence-electron chi connectivity index (χ4n) is 3.04. The Bertz CT molecular complexity index is 702. The van der Waals surface area contributed by atoms with Crippen LogP contribution in [0.5, 0.6) is 0 Å². The number of hydrogen-bond acceptors (Lipinski definition) is 4. The van der Waals surface area contributed by atoms with Gasteiger partial charge in [0.25, 0.3) is 0 Å². The van der Waals surface area contributed by atoms with Crippen LogP contribution in [-0.2, 0) is 4.79 Å².